The molecule has 1 rings (SSSR count). The Morgan fingerprint density at radius 3 is 2.55 bits per heavy atom. The molecule has 0 aromatic carbocycles. The van der Waals surface area contributed by atoms with Gasteiger partial charge in [0.1, 0.15) is 4.92 Å². The molecule has 108 valence electrons. The largest absolute Gasteiger partial charge is 0.433 e. The second-order valence-electron chi connectivity index (χ2n) is 3.60. The van der Waals surface area contributed by atoms with E-state index in [-0.39, 0.29) is 10.9 Å². The van der Waals surface area contributed by atoms with E-state index in [1.807, 2.05) is 13.8 Å². The smallest absolute Gasteiger partial charge is 0.396 e. The lowest BCUT2D eigenvalue weighted by molar-refractivity contribution is -0.402. The number of rotatable bonds is 5. The van der Waals surface area contributed by atoms with Crippen LogP contribution in [0.2, 0.25) is 0 Å². The summed E-state index contributed by atoms with van der Waals surface area (Å²) in [5, 5.41) is 17.4. The van der Waals surface area contributed by atoms with Crippen molar-refractivity contribution in [2.45, 2.75) is 26.7 Å². The molecule has 0 unspecified atom stereocenters. The van der Waals surface area contributed by atoms with E-state index >= 15 is 0 Å². The summed E-state index contributed by atoms with van der Waals surface area (Å²) in [5.74, 6) is -0.656. The predicted molar refractivity (Wildman–Crippen MR) is 76.9 cm³/mol. The van der Waals surface area contributed by atoms with Crippen molar-refractivity contribution < 1.29 is 14.1 Å². The standard InChI is InChI=1S/C11H14N4O4S/c1-3-7(4-2)13-14-11(12)20-10(16)8-5-6-9(19-8)15(17)18/h5-6H,3-4H2,1-2H3,(H2,12,14). The molecule has 9 heteroatoms. The maximum absolute atomic E-state index is 11.7. The molecular formula is C11H14N4O4S. The molecule has 1 heterocycles. The van der Waals surface area contributed by atoms with Crippen molar-refractivity contribution in [3.8, 4) is 0 Å². The molecule has 0 amide bonds. The maximum atomic E-state index is 11.7. The minimum atomic E-state index is -0.724. The Hall–Kier alpha value is -2.16. The van der Waals surface area contributed by atoms with Crippen LogP contribution in [0.1, 0.15) is 37.2 Å². The van der Waals surface area contributed by atoms with Gasteiger partial charge in [0.05, 0.1) is 6.07 Å². The zero-order valence-electron chi connectivity index (χ0n) is 11.0. The van der Waals surface area contributed by atoms with Crippen LogP contribution < -0.4 is 5.73 Å². The van der Waals surface area contributed by atoms with Gasteiger partial charge in [-0.05, 0) is 30.7 Å². The zero-order valence-corrected chi connectivity index (χ0v) is 11.8. The lowest BCUT2D eigenvalue weighted by Gasteiger charge is -1.97. The Balaban J connectivity index is 2.72. The molecule has 1 aromatic heterocycles. The average molecular weight is 298 g/mol. The van der Waals surface area contributed by atoms with Gasteiger partial charge >= 0.3 is 5.88 Å². The molecule has 0 spiro atoms. The fraction of sp³-hybridized carbons (Fsp3) is 0.364. The molecule has 0 atom stereocenters. The van der Waals surface area contributed by atoms with Crippen molar-refractivity contribution in [2.75, 3.05) is 0 Å². The van der Waals surface area contributed by atoms with Gasteiger partial charge in [-0.1, -0.05) is 13.8 Å². The van der Waals surface area contributed by atoms with Crippen LogP contribution in [0.3, 0.4) is 0 Å². The van der Waals surface area contributed by atoms with Crippen molar-refractivity contribution in [3.05, 3.63) is 28.0 Å². The Labute approximate surface area is 119 Å². The van der Waals surface area contributed by atoms with E-state index in [9.17, 15) is 14.9 Å². The first-order valence-corrected chi connectivity index (χ1v) is 6.64. The van der Waals surface area contributed by atoms with Gasteiger partial charge in [-0.25, -0.2) is 0 Å². The highest BCUT2D eigenvalue weighted by Gasteiger charge is 2.18. The van der Waals surface area contributed by atoms with E-state index in [1.165, 1.54) is 6.07 Å². The summed E-state index contributed by atoms with van der Waals surface area (Å²) in [6, 6.07) is 2.32. The lowest BCUT2D eigenvalue weighted by atomic mass is 10.2. The van der Waals surface area contributed by atoms with Crippen LogP contribution in [0, 0.1) is 10.1 Å². The molecule has 0 fully saturated rings. The monoisotopic (exact) mass is 298 g/mol. The summed E-state index contributed by atoms with van der Waals surface area (Å²) in [6.07, 6.45) is 1.49. The molecule has 8 nitrogen and oxygen atoms in total. The van der Waals surface area contributed by atoms with Crippen LogP contribution in [0.15, 0.2) is 26.8 Å². The SMILES string of the molecule is CCC(CC)=NN=C(N)SC(=O)c1ccc([N+](=O)[O-])o1. The molecule has 20 heavy (non-hydrogen) atoms. The summed E-state index contributed by atoms with van der Waals surface area (Å²) < 4.78 is 4.76. The summed E-state index contributed by atoms with van der Waals surface area (Å²) >= 11 is 0.606. The first-order valence-electron chi connectivity index (χ1n) is 5.83. The second-order valence-corrected chi connectivity index (χ2v) is 4.59. The molecule has 0 bridgehead atoms. The number of nitro groups is 1. The Morgan fingerprint density at radius 1 is 1.40 bits per heavy atom. The molecule has 0 aliphatic heterocycles. The van der Waals surface area contributed by atoms with E-state index < -0.39 is 15.9 Å². The van der Waals surface area contributed by atoms with Crippen molar-refractivity contribution in [2.24, 2.45) is 15.9 Å². The molecule has 0 saturated heterocycles. The number of amidine groups is 1. The fourth-order valence-electron chi connectivity index (χ4n) is 1.21. The molecule has 0 aliphatic rings. The van der Waals surface area contributed by atoms with Crippen molar-refractivity contribution in [1.29, 1.82) is 0 Å². The Bertz CT molecular complexity index is 559. The summed E-state index contributed by atoms with van der Waals surface area (Å²) in [7, 11) is 0. The van der Waals surface area contributed by atoms with Crippen molar-refractivity contribution in [1.82, 2.24) is 0 Å². The Morgan fingerprint density at radius 2 is 2.05 bits per heavy atom. The summed E-state index contributed by atoms with van der Waals surface area (Å²) in [5.41, 5.74) is 6.40. The number of hydrogen-bond acceptors (Lipinski definition) is 7. The molecular weight excluding hydrogens is 284 g/mol. The van der Waals surface area contributed by atoms with E-state index in [0.717, 1.165) is 24.6 Å². The van der Waals surface area contributed by atoms with Gasteiger partial charge in [-0.15, -0.1) is 5.10 Å². The fourth-order valence-corrected chi connectivity index (χ4v) is 1.69. The first kappa shape index (κ1) is 15.9. The summed E-state index contributed by atoms with van der Waals surface area (Å²) in [6.45, 7) is 3.88. The molecule has 0 saturated carbocycles. The third kappa shape index (κ3) is 4.50. The van der Waals surface area contributed by atoms with Gasteiger partial charge < -0.3 is 10.2 Å². The van der Waals surface area contributed by atoms with Gasteiger partial charge in [0.2, 0.25) is 0 Å². The normalized spacial score (nSPS) is 11.2. The van der Waals surface area contributed by atoms with Crippen molar-refractivity contribution >= 4 is 33.6 Å². The van der Waals surface area contributed by atoms with Gasteiger partial charge in [0.25, 0.3) is 5.12 Å². The highest BCUT2D eigenvalue weighted by molar-refractivity contribution is 8.26. The van der Waals surface area contributed by atoms with E-state index in [0.29, 0.717) is 11.8 Å². The van der Waals surface area contributed by atoms with Gasteiger partial charge in [-0.3, -0.25) is 14.9 Å². The zero-order chi connectivity index (χ0) is 15.1. The summed E-state index contributed by atoms with van der Waals surface area (Å²) in [4.78, 5) is 21.4. The predicted octanol–water partition coefficient (Wildman–Crippen LogP) is 2.55. The van der Waals surface area contributed by atoms with E-state index in [4.69, 9.17) is 10.2 Å². The quantitative estimate of drug-likeness (QED) is 0.385. The number of nitrogens with two attached hydrogens (primary N) is 1. The molecule has 0 radical (unpaired) electrons. The van der Waals surface area contributed by atoms with Gasteiger partial charge in [0.15, 0.2) is 10.9 Å². The maximum Gasteiger partial charge on any atom is 0.433 e. The minimum absolute atomic E-state index is 0.0477. The number of hydrogen-bond donors (Lipinski definition) is 1. The van der Waals surface area contributed by atoms with Gasteiger partial charge in [0, 0.05) is 5.71 Å². The highest BCUT2D eigenvalue weighted by Crippen LogP contribution is 2.20. The van der Waals surface area contributed by atoms with E-state index in [1.54, 1.807) is 0 Å². The average Bonchev–Trinajstić information content (AvgIpc) is 2.89. The number of nitrogens with zero attached hydrogens (tertiary/aromatic N) is 3. The second kappa shape index (κ2) is 7.43. The van der Waals surface area contributed by atoms with Crippen LogP contribution >= 0.6 is 11.8 Å². The topological polar surface area (TPSA) is 124 Å². The van der Waals surface area contributed by atoms with Crippen LogP contribution in [-0.2, 0) is 0 Å². The van der Waals surface area contributed by atoms with Crippen LogP contribution in [0.4, 0.5) is 5.88 Å². The van der Waals surface area contributed by atoms with Crippen LogP contribution in [0.25, 0.3) is 0 Å². The molecule has 1 aromatic rings. The molecule has 2 N–H and O–H groups in total. The van der Waals surface area contributed by atoms with Crippen molar-refractivity contribution in [3.63, 3.8) is 0 Å². The highest BCUT2D eigenvalue weighted by atomic mass is 32.2. The van der Waals surface area contributed by atoms with Crippen LogP contribution in [-0.4, -0.2) is 20.9 Å². The third-order valence-corrected chi connectivity index (χ3v) is 2.95. The minimum Gasteiger partial charge on any atom is -0.396 e. The molecule has 0 aliphatic carbocycles. The number of furan rings is 1. The third-order valence-electron chi connectivity index (χ3n) is 2.28. The first-order chi connectivity index (χ1) is 9.47. The van der Waals surface area contributed by atoms with E-state index in [2.05, 4.69) is 10.2 Å². The lowest BCUT2D eigenvalue weighted by Crippen LogP contribution is -2.10. The number of carbonyl (C=O) groups excluding carboxylic acids is 1. The van der Waals surface area contributed by atoms with Crippen LogP contribution in [0.5, 0.6) is 0 Å². The van der Waals surface area contributed by atoms with Gasteiger partial charge in [-0.2, -0.15) is 5.10 Å². The Kier molecular flexibility index (Phi) is 5.91. The number of carbonyl (C=O) groups is 1. The number of thioether (sulfide) groups is 1.